The highest BCUT2D eigenvalue weighted by atomic mass is 16.5. The summed E-state index contributed by atoms with van der Waals surface area (Å²) in [5.74, 6) is 4.36. The first kappa shape index (κ1) is 20.1. The highest BCUT2D eigenvalue weighted by Crippen LogP contribution is 2.40. The molecule has 1 heterocycles. The van der Waals surface area contributed by atoms with Crippen LogP contribution in [0.25, 0.3) is 0 Å². The number of terminal acetylenes is 1. The number of likely N-dealkylation sites (tertiary alicyclic amines) is 1. The van der Waals surface area contributed by atoms with Gasteiger partial charge in [-0.2, -0.15) is 0 Å². The van der Waals surface area contributed by atoms with Gasteiger partial charge in [0.25, 0.3) is 5.91 Å². The molecule has 2 amide bonds. The van der Waals surface area contributed by atoms with Gasteiger partial charge in [-0.15, -0.1) is 12.3 Å². The second-order valence-corrected chi connectivity index (χ2v) is 7.61. The van der Waals surface area contributed by atoms with Gasteiger partial charge in [0.2, 0.25) is 5.91 Å². The van der Waals surface area contributed by atoms with Crippen molar-refractivity contribution < 1.29 is 19.1 Å². The largest absolute Gasteiger partial charge is 0.493 e. The molecule has 150 valence electrons. The van der Waals surface area contributed by atoms with Crippen LogP contribution in [-0.2, 0) is 4.79 Å². The van der Waals surface area contributed by atoms with Crippen LogP contribution in [0, 0.1) is 30.1 Å². The Kier molecular flexibility index (Phi) is 6.13. The number of carbonyl (C=O) groups excluding carboxylic acids is 2. The average Bonchev–Trinajstić information content (AvgIpc) is 3.52. The van der Waals surface area contributed by atoms with Crippen molar-refractivity contribution in [2.75, 3.05) is 27.3 Å². The van der Waals surface area contributed by atoms with E-state index in [2.05, 4.69) is 11.2 Å². The lowest BCUT2D eigenvalue weighted by Crippen LogP contribution is -2.46. The normalized spacial score (nSPS) is 22.7. The van der Waals surface area contributed by atoms with E-state index in [1.807, 2.05) is 11.8 Å². The molecule has 3 rings (SSSR count). The molecular weight excluding hydrogens is 356 g/mol. The summed E-state index contributed by atoms with van der Waals surface area (Å²) in [5.41, 5.74) is 0.533. The van der Waals surface area contributed by atoms with Crippen LogP contribution in [0.2, 0.25) is 0 Å². The predicted molar refractivity (Wildman–Crippen MR) is 106 cm³/mol. The number of hydrogen-bond donors (Lipinski definition) is 1. The van der Waals surface area contributed by atoms with Gasteiger partial charge in [-0.1, -0.05) is 0 Å². The SMILES string of the molecule is C#C[C@H]1C[C@H]1C(=O)N1CCC([C@@H](C)NC(=O)c2ccc(OC)c(OC)c2)CC1. The Morgan fingerprint density at radius 2 is 1.89 bits per heavy atom. The summed E-state index contributed by atoms with van der Waals surface area (Å²) in [6.45, 7) is 3.48. The van der Waals surface area contributed by atoms with Gasteiger partial charge in [0, 0.05) is 30.6 Å². The van der Waals surface area contributed by atoms with Gasteiger partial charge >= 0.3 is 0 Å². The first-order valence-corrected chi connectivity index (χ1v) is 9.76. The number of benzene rings is 1. The van der Waals surface area contributed by atoms with E-state index in [4.69, 9.17) is 15.9 Å². The zero-order chi connectivity index (χ0) is 20.3. The lowest BCUT2D eigenvalue weighted by atomic mass is 9.90. The zero-order valence-electron chi connectivity index (χ0n) is 16.7. The Hall–Kier alpha value is -2.68. The number of ether oxygens (including phenoxy) is 2. The quantitative estimate of drug-likeness (QED) is 0.765. The summed E-state index contributed by atoms with van der Waals surface area (Å²) in [6.07, 6.45) is 8.00. The minimum absolute atomic E-state index is 0.0252. The molecule has 1 saturated carbocycles. The third-order valence-corrected chi connectivity index (χ3v) is 5.88. The molecule has 2 aliphatic rings. The van der Waals surface area contributed by atoms with Gasteiger partial charge in [0.1, 0.15) is 0 Å². The maximum Gasteiger partial charge on any atom is 0.251 e. The molecule has 0 aromatic heterocycles. The van der Waals surface area contributed by atoms with Gasteiger partial charge in [0.05, 0.1) is 20.1 Å². The Balaban J connectivity index is 1.51. The molecule has 1 saturated heterocycles. The third-order valence-electron chi connectivity index (χ3n) is 5.88. The number of amides is 2. The maximum absolute atomic E-state index is 12.6. The van der Waals surface area contributed by atoms with Crippen LogP contribution in [0.3, 0.4) is 0 Å². The van der Waals surface area contributed by atoms with Crippen molar-refractivity contribution in [1.29, 1.82) is 0 Å². The number of rotatable bonds is 6. The van der Waals surface area contributed by atoms with Crippen molar-refractivity contribution in [2.24, 2.45) is 17.8 Å². The van der Waals surface area contributed by atoms with Crippen LogP contribution >= 0.6 is 0 Å². The standard InChI is InChI=1S/C22H28N2O4/c1-5-15-12-18(15)22(26)24-10-8-16(9-11-24)14(2)23-21(25)17-6-7-19(27-3)20(13-17)28-4/h1,6-7,13-16,18H,8-12H2,2-4H3,(H,23,25)/t14-,15+,18-/m1/s1. The molecule has 6 nitrogen and oxygen atoms in total. The molecule has 1 aliphatic heterocycles. The van der Waals surface area contributed by atoms with Crippen molar-refractivity contribution >= 4 is 11.8 Å². The van der Waals surface area contributed by atoms with E-state index in [1.54, 1.807) is 32.4 Å². The molecule has 28 heavy (non-hydrogen) atoms. The smallest absolute Gasteiger partial charge is 0.251 e. The van der Waals surface area contributed by atoms with Crippen molar-refractivity contribution in [1.82, 2.24) is 10.2 Å². The molecule has 0 radical (unpaired) electrons. The van der Waals surface area contributed by atoms with E-state index >= 15 is 0 Å². The molecule has 6 heteroatoms. The van der Waals surface area contributed by atoms with Crippen LogP contribution in [0.5, 0.6) is 11.5 Å². The molecule has 1 N–H and O–H groups in total. The van der Waals surface area contributed by atoms with Crippen molar-refractivity contribution in [2.45, 2.75) is 32.2 Å². The maximum atomic E-state index is 12.6. The second-order valence-electron chi connectivity index (χ2n) is 7.61. The molecule has 0 unspecified atom stereocenters. The van der Waals surface area contributed by atoms with Crippen molar-refractivity contribution in [3.8, 4) is 23.8 Å². The van der Waals surface area contributed by atoms with Crippen molar-refractivity contribution in [3.63, 3.8) is 0 Å². The molecule has 1 aromatic carbocycles. The van der Waals surface area contributed by atoms with E-state index in [0.717, 1.165) is 32.4 Å². The van der Waals surface area contributed by atoms with Gasteiger partial charge in [-0.3, -0.25) is 9.59 Å². The fraction of sp³-hybridized carbons (Fsp3) is 0.545. The molecule has 0 spiro atoms. The summed E-state index contributed by atoms with van der Waals surface area (Å²) in [4.78, 5) is 27.0. The number of nitrogens with one attached hydrogen (secondary N) is 1. The van der Waals surface area contributed by atoms with Crippen LogP contribution < -0.4 is 14.8 Å². The average molecular weight is 384 g/mol. The van der Waals surface area contributed by atoms with Gasteiger partial charge in [-0.05, 0) is 50.3 Å². The lowest BCUT2D eigenvalue weighted by molar-refractivity contribution is -0.134. The Morgan fingerprint density at radius 3 is 2.46 bits per heavy atom. The summed E-state index contributed by atoms with van der Waals surface area (Å²) in [7, 11) is 3.11. The highest BCUT2D eigenvalue weighted by molar-refractivity contribution is 5.95. The zero-order valence-corrected chi connectivity index (χ0v) is 16.7. The fourth-order valence-corrected chi connectivity index (χ4v) is 3.89. The molecule has 3 atom stereocenters. The van der Waals surface area contributed by atoms with E-state index in [1.165, 1.54) is 0 Å². The van der Waals surface area contributed by atoms with Gasteiger partial charge in [0.15, 0.2) is 11.5 Å². The number of carbonyl (C=O) groups is 2. The Morgan fingerprint density at radius 1 is 1.21 bits per heavy atom. The lowest BCUT2D eigenvalue weighted by Gasteiger charge is -2.35. The number of hydrogen-bond acceptors (Lipinski definition) is 4. The highest BCUT2D eigenvalue weighted by Gasteiger charge is 2.44. The summed E-state index contributed by atoms with van der Waals surface area (Å²) in [5, 5.41) is 3.08. The van der Waals surface area contributed by atoms with Gasteiger partial charge in [-0.25, -0.2) is 0 Å². The third kappa shape index (κ3) is 4.24. The van der Waals surface area contributed by atoms with Crippen LogP contribution in [0.1, 0.15) is 36.5 Å². The summed E-state index contributed by atoms with van der Waals surface area (Å²) < 4.78 is 10.5. The van der Waals surface area contributed by atoms with Crippen molar-refractivity contribution in [3.05, 3.63) is 23.8 Å². The summed E-state index contributed by atoms with van der Waals surface area (Å²) >= 11 is 0. The minimum atomic E-state index is -0.137. The Labute approximate surface area is 166 Å². The van der Waals surface area contributed by atoms with Crippen LogP contribution in [0.4, 0.5) is 0 Å². The summed E-state index contributed by atoms with van der Waals surface area (Å²) in [6, 6.07) is 5.16. The number of methoxy groups -OCH3 is 2. The topological polar surface area (TPSA) is 67.9 Å². The monoisotopic (exact) mass is 384 g/mol. The van der Waals surface area contributed by atoms with Crippen LogP contribution in [-0.4, -0.2) is 50.1 Å². The van der Waals surface area contributed by atoms with Crippen LogP contribution in [0.15, 0.2) is 18.2 Å². The first-order valence-electron chi connectivity index (χ1n) is 9.76. The molecule has 1 aromatic rings. The van der Waals surface area contributed by atoms with E-state index in [-0.39, 0.29) is 29.7 Å². The fourth-order valence-electron chi connectivity index (χ4n) is 3.89. The number of piperidine rings is 1. The molecule has 0 bridgehead atoms. The predicted octanol–water partition coefficient (Wildman–Crippen LogP) is 2.33. The molecule has 2 fully saturated rings. The first-order chi connectivity index (χ1) is 13.5. The van der Waals surface area contributed by atoms with E-state index in [0.29, 0.717) is 23.0 Å². The minimum Gasteiger partial charge on any atom is -0.493 e. The molecular formula is C22H28N2O4. The molecule has 1 aliphatic carbocycles. The van der Waals surface area contributed by atoms with E-state index < -0.39 is 0 Å². The Bertz CT molecular complexity index is 777. The second kappa shape index (κ2) is 8.55. The number of nitrogens with zero attached hydrogens (tertiary/aromatic N) is 1. The van der Waals surface area contributed by atoms with E-state index in [9.17, 15) is 9.59 Å². The van der Waals surface area contributed by atoms with Gasteiger partial charge < -0.3 is 19.7 Å².